The van der Waals surface area contributed by atoms with E-state index in [0.29, 0.717) is 28.8 Å². The third-order valence-corrected chi connectivity index (χ3v) is 6.47. The summed E-state index contributed by atoms with van der Waals surface area (Å²) in [4.78, 5) is 14.2. The van der Waals surface area contributed by atoms with Crippen molar-refractivity contribution in [1.29, 1.82) is 0 Å². The number of phenolic OH excluding ortho intramolecular Hbond substituents is 1. The lowest BCUT2D eigenvalue weighted by molar-refractivity contribution is 0.414. The first-order valence-electron chi connectivity index (χ1n) is 11.4. The number of para-hydroxylation sites is 1. The smallest absolute Gasteiger partial charge is 0.228 e. The minimum absolute atomic E-state index is 0.124. The maximum absolute atomic E-state index is 10.1. The SMILES string of the molecule is COc1ccc([C@H]2c3ccc(O)cc3Oc3ncn4nc(-c5ccc6ccccc6n5)nc4c32)cc1. The maximum Gasteiger partial charge on any atom is 0.228 e. The zero-order valence-corrected chi connectivity index (χ0v) is 19.2. The van der Waals surface area contributed by atoms with Gasteiger partial charge in [-0.25, -0.2) is 19.5 Å². The van der Waals surface area contributed by atoms with Gasteiger partial charge in [-0.3, -0.25) is 0 Å². The van der Waals surface area contributed by atoms with Crippen LogP contribution in [0.3, 0.4) is 0 Å². The molecule has 0 aliphatic carbocycles. The number of fused-ring (bicyclic) bond motifs is 5. The number of aromatic nitrogens is 5. The molecule has 3 aromatic heterocycles. The highest BCUT2D eigenvalue weighted by atomic mass is 16.5. The highest BCUT2D eigenvalue weighted by Gasteiger charge is 2.33. The van der Waals surface area contributed by atoms with E-state index < -0.39 is 0 Å². The number of methoxy groups -OCH3 is 1. The van der Waals surface area contributed by atoms with Crippen LogP contribution in [0.4, 0.5) is 0 Å². The number of hydrogen-bond acceptors (Lipinski definition) is 7. The van der Waals surface area contributed by atoms with Crippen molar-refractivity contribution < 1.29 is 14.6 Å². The minimum atomic E-state index is -0.243. The molecular weight excluding hydrogens is 454 g/mol. The summed E-state index contributed by atoms with van der Waals surface area (Å²) in [7, 11) is 1.64. The van der Waals surface area contributed by atoms with E-state index in [1.54, 1.807) is 30.1 Å². The third kappa shape index (κ3) is 3.15. The quantitative estimate of drug-likeness (QED) is 0.370. The van der Waals surface area contributed by atoms with Gasteiger partial charge in [0.1, 0.15) is 29.3 Å². The van der Waals surface area contributed by atoms with E-state index in [1.807, 2.05) is 66.7 Å². The van der Waals surface area contributed by atoms with Gasteiger partial charge < -0.3 is 14.6 Å². The molecule has 0 unspecified atom stereocenters. The molecule has 8 heteroatoms. The van der Waals surface area contributed by atoms with Gasteiger partial charge >= 0.3 is 0 Å². The van der Waals surface area contributed by atoms with Crippen LogP contribution >= 0.6 is 0 Å². The Bertz CT molecular complexity index is 1780. The Hall–Kier alpha value is -4.98. The van der Waals surface area contributed by atoms with Gasteiger partial charge in [-0.1, -0.05) is 42.5 Å². The summed E-state index contributed by atoms with van der Waals surface area (Å²) in [6, 6.07) is 24.9. The molecule has 1 aliphatic rings. The number of ether oxygens (including phenoxy) is 2. The van der Waals surface area contributed by atoms with E-state index >= 15 is 0 Å². The van der Waals surface area contributed by atoms with Crippen LogP contribution in [0.15, 0.2) is 85.2 Å². The van der Waals surface area contributed by atoms with Crippen LogP contribution in [0.2, 0.25) is 0 Å². The van der Waals surface area contributed by atoms with Crippen LogP contribution in [0.5, 0.6) is 23.1 Å². The van der Waals surface area contributed by atoms with Crippen molar-refractivity contribution in [3.05, 3.63) is 102 Å². The maximum atomic E-state index is 10.1. The van der Waals surface area contributed by atoms with Gasteiger partial charge in [0.25, 0.3) is 0 Å². The minimum Gasteiger partial charge on any atom is -0.508 e. The Balaban J connectivity index is 1.44. The molecule has 8 nitrogen and oxygen atoms in total. The van der Waals surface area contributed by atoms with Gasteiger partial charge in [0, 0.05) is 22.9 Å². The monoisotopic (exact) mass is 473 g/mol. The standard InChI is InChI=1S/C28H19N5O3/c1-35-19-10-6-17(7-11-19)24-20-12-9-18(34)14-23(20)36-28-25(24)27-31-26(32-33(27)15-29-28)22-13-8-16-4-2-3-5-21(16)30-22/h2-15,24,34H,1H3/t24-/m0/s1. The van der Waals surface area contributed by atoms with Gasteiger partial charge in [0.15, 0.2) is 5.65 Å². The van der Waals surface area contributed by atoms with Crippen LogP contribution in [0.25, 0.3) is 28.1 Å². The molecule has 0 fully saturated rings. The van der Waals surface area contributed by atoms with Gasteiger partial charge in [0.05, 0.1) is 18.2 Å². The lowest BCUT2D eigenvalue weighted by Gasteiger charge is -2.28. The van der Waals surface area contributed by atoms with Crippen molar-refractivity contribution in [2.75, 3.05) is 7.11 Å². The van der Waals surface area contributed by atoms with Crippen molar-refractivity contribution in [2.45, 2.75) is 5.92 Å². The van der Waals surface area contributed by atoms with Crippen LogP contribution in [0, 0.1) is 0 Å². The molecule has 7 rings (SSSR count). The van der Waals surface area contributed by atoms with E-state index in [0.717, 1.165) is 33.3 Å². The molecule has 36 heavy (non-hydrogen) atoms. The fourth-order valence-corrected chi connectivity index (χ4v) is 4.74. The molecular formula is C28H19N5O3. The summed E-state index contributed by atoms with van der Waals surface area (Å²) in [5.41, 5.74) is 4.88. The molecule has 1 atom stereocenters. The Morgan fingerprint density at radius 3 is 2.67 bits per heavy atom. The van der Waals surface area contributed by atoms with Gasteiger partial charge in [0.2, 0.25) is 11.7 Å². The van der Waals surface area contributed by atoms with Crippen molar-refractivity contribution >= 4 is 16.6 Å². The second kappa shape index (κ2) is 7.78. The first-order chi connectivity index (χ1) is 17.7. The summed E-state index contributed by atoms with van der Waals surface area (Å²) in [5, 5.41) is 15.8. The Morgan fingerprint density at radius 2 is 1.81 bits per heavy atom. The molecule has 0 bridgehead atoms. The second-order valence-corrected chi connectivity index (χ2v) is 8.59. The first kappa shape index (κ1) is 20.4. The number of aromatic hydroxyl groups is 1. The van der Waals surface area contributed by atoms with E-state index in [-0.39, 0.29) is 11.7 Å². The molecule has 174 valence electrons. The number of pyridine rings is 1. The number of phenols is 1. The highest BCUT2D eigenvalue weighted by Crippen LogP contribution is 2.48. The Morgan fingerprint density at radius 1 is 0.944 bits per heavy atom. The third-order valence-electron chi connectivity index (χ3n) is 6.47. The van der Waals surface area contributed by atoms with E-state index in [4.69, 9.17) is 19.4 Å². The predicted octanol–water partition coefficient (Wildman–Crippen LogP) is 5.34. The largest absolute Gasteiger partial charge is 0.508 e. The average molecular weight is 473 g/mol. The summed E-state index contributed by atoms with van der Waals surface area (Å²) in [5.74, 6) is 2.12. The number of hydrogen-bond donors (Lipinski definition) is 1. The molecule has 3 aromatic carbocycles. The lowest BCUT2D eigenvalue weighted by Crippen LogP contribution is -2.15. The van der Waals surface area contributed by atoms with Gasteiger partial charge in [-0.15, -0.1) is 5.10 Å². The molecule has 0 saturated carbocycles. The fourth-order valence-electron chi connectivity index (χ4n) is 4.74. The number of nitrogens with zero attached hydrogens (tertiary/aromatic N) is 5. The van der Waals surface area contributed by atoms with Crippen molar-refractivity contribution in [3.8, 4) is 34.6 Å². The zero-order valence-electron chi connectivity index (χ0n) is 19.2. The molecule has 0 spiro atoms. The molecule has 6 aromatic rings. The summed E-state index contributed by atoms with van der Waals surface area (Å²) in [6.07, 6.45) is 1.59. The van der Waals surface area contributed by atoms with Gasteiger partial charge in [-0.05, 0) is 35.9 Å². The fraction of sp³-hybridized carbons (Fsp3) is 0.0714. The number of benzene rings is 3. The average Bonchev–Trinajstić information content (AvgIpc) is 3.36. The molecule has 0 amide bonds. The lowest BCUT2D eigenvalue weighted by atomic mass is 9.84. The van der Waals surface area contributed by atoms with Crippen molar-refractivity contribution in [1.82, 2.24) is 24.6 Å². The van der Waals surface area contributed by atoms with Crippen LogP contribution < -0.4 is 9.47 Å². The topological polar surface area (TPSA) is 94.7 Å². The predicted molar refractivity (Wildman–Crippen MR) is 134 cm³/mol. The number of rotatable bonds is 3. The summed E-state index contributed by atoms with van der Waals surface area (Å²) in [6.45, 7) is 0. The molecule has 1 aliphatic heterocycles. The highest BCUT2D eigenvalue weighted by molar-refractivity contribution is 5.81. The normalized spacial score (nSPS) is 14.3. The molecule has 0 radical (unpaired) electrons. The zero-order chi connectivity index (χ0) is 24.2. The summed E-state index contributed by atoms with van der Waals surface area (Å²) >= 11 is 0. The van der Waals surface area contributed by atoms with E-state index in [9.17, 15) is 5.11 Å². The molecule has 0 saturated heterocycles. The van der Waals surface area contributed by atoms with Gasteiger partial charge in [-0.2, -0.15) is 0 Å². The summed E-state index contributed by atoms with van der Waals surface area (Å²) < 4.78 is 13.2. The van der Waals surface area contributed by atoms with Crippen LogP contribution in [0.1, 0.15) is 22.6 Å². The first-order valence-corrected chi connectivity index (χ1v) is 11.4. The van der Waals surface area contributed by atoms with Crippen molar-refractivity contribution in [2.24, 2.45) is 0 Å². The molecule has 1 N–H and O–H groups in total. The van der Waals surface area contributed by atoms with E-state index in [2.05, 4.69) is 10.1 Å². The molecule has 4 heterocycles. The van der Waals surface area contributed by atoms with Crippen LogP contribution in [-0.4, -0.2) is 36.8 Å². The Kier molecular flexibility index (Phi) is 4.41. The Labute approximate surface area is 205 Å². The second-order valence-electron chi connectivity index (χ2n) is 8.59. The van der Waals surface area contributed by atoms with Crippen LogP contribution in [-0.2, 0) is 0 Å². The van der Waals surface area contributed by atoms with E-state index in [1.165, 1.54) is 0 Å². The van der Waals surface area contributed by atoms with Crippen molar-refractivity contribution in [3.63, 3.8) is 0 Å².